The molecule has 10 atom stereocenters. The monoisotopic (exact) mass is 650 g/mol. The maximum Gasteiger partial charge on any atom is 0.303 e. The van der Waals surface area contributed by atoms with Gasteiger partial charge in [-0.05, 0) is 119 Å². The van der Waals surface area contributed by atoms with Crippen LogP contribution in [0, 0.1) is 34.5 Å². The fourth-order valence-corrected chi connectivity index (χ4v) is 11.9. The normalized spacial score (nSPS) is 45.3. The number of fused-ring (bicyclic) bond motifs is 5. The van der Waals surface area contributed by atoms with Crippen molar-refractivity contribution in [2.45, 2.75) is 142 Å². The number of hydrogen-bond acceptors (Lipinski definition) is 5. The van der Waals surface area contributed by atoms with Crippen LogP contribution in [0.3, 0.4) is 0 Å². The molecule has 0 unspecified atom stereocenters. The van der Waals surface area contributed by atoms with Crippen LogP contribution in [0.2, 0.25) is 0 Å². The molecule has 0 aromatic heterocycles. The van der Waals surface area contributed by atoms with E-state index in [1.54, 1.807) is 13.8 Å². The van der Waals surface area contributed by atoms with Gasteiger partial charge in [-0.25, -0.2) is 0 Å². The molecule has 0 aromatic carbocycles. The maximum absolute atomic E-state index is 12.6. The van der Waals surface area contributed by atoms with Gasteiger partial charge in [-0.15, -0.1) is 0 Å². The number of halogens is 1. The van der Waals surface area contributed by atoms with E-state index in [9.17, 15) is 9.59 Å². The quantitative estimate of drug-likeness (QED) is 0.345. The van der Waals surface area contributed by atoms with Crippen LogP contribution in [-0.2, 0) is 19.1 Å². The second-order valence-electron chi connectivity index (χ2n) is 16.1. The van der Waals surface area contributed by atoms with Gasteiger partial charge in [-0.2, -0.15) is 0 Å². The molecule has 240 valence electrons. The van der Waals surface area contributed by atoms with E-state index in [1.807, 2.05) is 0 Å². The van der Waals surface area contributed by atoms with E-state index in [1.165, 1.54) is 96.6 Å². The lowest BCUT2D eigenvalue weighted by atomic mass is 9.44. The molecule has 0 amide bonds. The van der Waals surface area contributed by atoms with Crippen molar-refractivity contribution in [3.05, 3.63) is 0 Å². The summed E-state index contributed by atoms with van der Waals surface area (Å²) in [6.07, 6.45) is 17.6. The van der Waals surface area contributed by atoms with Gasteiger partial charge in [0.15, 0.2) is 6.10 Å². The number of likely N-dealkylation sites (tertiary alicyclic amines) is 2. The minimum atomic E-state index is -0.110. The van der Waals surface area contributed by atoms with Gasteiger partial charge in [0, 0.05) is 31.7 Å². The third-order valence-corrected chi connectivity index (χ3v) is 14.0. The Kier molecular flexibility index (Phi) is 9.83. The zero-order chi connectivity index (χ0) is 29.0. The minimum Gasteiger partial charge on any atom is -1.00 e. The first-order valence-corrected chi connectivity index (χ1v) is 17.5. The van der Waals surface area contributed by atoms with E-state index >= 15 is 0 Å². The highest BCUT2D eigenvalue weighted by atomic mass is 79.9. The van der Waals surface area contributed by atoms with Gasteiger partial charge in [0.05, 0.1) is 20.1 Å². The topological polar surface area (TPSA) is 55.8 Å². The van der Waals surface area contributed by atoms with E-state index < -0.39 is 0 Å². The van der Waals surface area contributed by atoms with Crippen LogP contribution in [0.15, 0.2) is 0 Å². The number of quaternary nitrogens is 1. The molecule has 4 saturated carbocycles. The summed E-state index contributed by atoms with van der Waals surface area (Å²) in [4.78, 5) is 27.5. The molecule has 2 aliphatic heterocycles. The fourth-order valence-electron chi connectivity index (χ4n) is 11.9. The Labute approximate surface area is 266 Å². The molecule has 6 aliphatic rings. The van der Waals surface area contributed by atoms with Crippen LogP contribution in [-0.4, -0.2) is 78.8 Å². The van der Waals surface area contributed by atoms with Crippen molar-refractivity contribution in [2.75, 3.05) is 33.2 Å². The number of esters is 2. The van der Waals surface area contributed by atoms with Gasteiger partial charge in [-0.3, -0.25) is 14.5 Å². The predicted molar refractivity (Wildman–Crippen MR) is 161 cm³/mol. The summed E-state index contributed by atoms with van der Waals surface area (Å²) in [7, 11) is 2.49. The third kappa shape index (κ3) is 5.74. The number of carbonyl (C=O) groups is 2. The number of ether oxygens (including phenoxy) is 2. The SMILES string of the molecule is CC(=O)O[C@H]1C[C@@H]2CC[C@@H]3[C@H](CC[C@]4(C)[C@H](OC(C)=O)[C@@H]([N+]5(C)CCCCCC5)C[C@@H]34)[C@@]2(C)C[C@@H]1N1CCCCC1.[Br-]. The average Bonchev–Trinajstić information content (AvgIpc) is 3.06. The standard InChI is InChI=1S/C35H59N2O4.BrH/c1-24(38)40-32-21-26-13-14-27-28(35(26,4)23-30(32)36-17-9-8-10-18-36)15-16-34(3)29(27)22-31(33(34)41-25(2)39)37(5)19-11-6-7-12-20-37;/h26-33H,6-23H2,1-5H3;1H/q+1;/p-1/t26-,27+,28-,29-,30-,31-,32-,33+,34-,35-;/m0./s1. The molecule has 0 radical (unpaired) electrons. The number of nitrogens with zero attached hydrogens (tertiary/aromatic N) is 2. The molecular formula is C35H59BrN2O4. The Bertz CT molecular complexity index is 978. The van der Waals surface area contributed by atoms with E-state index in [0.717, 1.165) is 29.9 Å². The first kappa shape index (κ1) is 32.7. The zero-order valence-electron chi connectivity index (χ0n) is 27.3. The lowest BCUT2D eigenvalue weighted by Gasteiger charge is -2.62. The van der Waals surface area contributed by atoms with Crippen LogP contribution in [0.25, 0.3) is 0 Å². The lowest BCUT2D eigenvalue weighted by molar-refractivity contribution is -0.935. The first-order valence-electron chi connectivity index (χ1n) is 17.5. The highest BCUT2D eigenvalue weighted by molar-refractivity contribution is 5.66. The molecule has 6 fully saturated rings. The molecule has 2 heterocycles. The second kappa shape index (κ2) is 12.6. The maximum atomic E-state index is 12.6. The van der Waals surface area contributed by atoms with Gasteiger partial charge >= 0.3 is 11.9 Å². The molecule has 0 spiro atoms. The molecule has 0 aromatic rings. The molecule has 2 saturated heterocycles. The molecule has 0 bridgehead atoms. The van der Waals surface area contributed by atoms with Crippen LogP contribution in [0.1, 0.15) is 118 Å². The fraction of sp³-hybridized carbons (Fsp3) is 0.943. The summed E-state index contributed by atoms with van der Waals surface area (Å²) in [6.45, 7) is 13.1. The van der Waals surface area contributed by atoms with Crippen molar-refractivity contribution < 1.29 is 40.5 Å². The van der Waals surface area contributed by atoms with Crippen LogP contribution in [0.5, 0.6) is 0 Å². The van der Waals surface area contributed by atoms with Crippen molar-refractivity contribution >= 4 is 11.9 Å². The molecule has 42 heavy (non-hydrogen) atoms. The Morgan fingerprint density at radius 3 is 2.07 bits per heavy atom. The summed E-state index contributed by atoms with van der Waals surface area (Å²) in [5.74, 6) is 2.50. The molecule has 0 N–H and O–H groups in total. The molecule has 7 heteroatoms. The Morgan fingerprint density at radius 2 is 1.43 bits per heavy atom. The summed E-state index contributed by atoms with van der Waals surface area (Å²) in [5, 5.41) is 0. The number of piperidine rings is 1. The Hall–Kier alpha value is -0.660. The number of carbonyl (C=O) groups excluding carboxylic acids is 2. The highest BCUT2D eigenvalue weighted by Crippen LogP contribution is 2.67. The Balaban J connectivity index is 0.00000353. The van der Waals surface area contributed by atoms with Crippen LogP contribution < -0.4 is 17.0 Å². The van der Waals surface area contributed by atoms with E-state index in [4.69, 9.17) is 9.47 Å². The first-order chi connectivity index (χ1) is 19.5. The van der Waals surface area contributed by atoms with Gasteiger partial charge in [0.25, 0.3) is 0 Å². The van der Waals surface area contributed by atoms with Crippen molar-refractivity contribution in [3.8, 4) is 0 Å². The van der Waals surface area contributed by atoms with E-state index in [-0.39, 0.29) is 46.5 Å². The molecule has 6 rings (SSSR count). The number of likely N-dealkylation sites (N-methyl/N-ethyl adjacent to an activating group) is 1. The highest BCUT2D eigenvalue weighted by Gasteiger charge is 2.67. The summed E-state index contributed by atoms with van der Waals surface area (Å²) in [5.41, 5.74) is 0.370. The second-order valence-corrected chi connectivity index (χ2v) is 16.1. The van der Waals surface area contributed by atoms with Gasteiger partial charge < -0.3 is 30.9 Å². The third-order valence-electron chi connectivity index (χ3n) is 14.0. The van der Waals surface area contributed by atoms with E-state index in [2.05, 4.69) is 25.8 Å². The molecular weight excluding hydrogens is 592 g/mol. The van der Waals surface area contributed by atoms with Gasteiger partial charge in [0.1, 0.15) is 12.1 Å². The minimum absolute atomic E-state index is 0. The van der Waals surface area contributed by atoms with Crippen LogP contribution in [0.4, 0.5) is 0 Å². The van der Waals surface area contributed by atoms with Crippen molar-refractivity contribution in [2.24, 2.45) is 34.5 Å². The molecule has 4 aliphatic carbocycles. The van der Waals surface area contributed by atoms with Crippen molar-refractivity contribution in [3.63, 3.8) is 0 Å². The van der Waals surface area contributed by atoms with Gasteiger partial charge in [-0.1, -0.05) is 20.3 Å². The molecule has 6 nitrogen and oxygen atoms in total. The smallest absolute Gasteiger partial charge is 0.303 e. The summed E-state index contributed by atoms with van der Waals surface area (Å²) < 4.78 is 13.6. The predicted octanol–water partition coefficient (Wildman–Crippen LogP) is 3.36. The lowest BCUT2D eigenvalue weighted by Crippen LogP contribution is -3.00. The number of hydrogen-bond donors (Lipinski definition) is 0. The van der Waals surface area contributed by atoms with Gasteiger partial charge in [0.2, 0.25) is 0 Å². The number of rotatable bonds is 4. The average molecular weight is 652 g/mol. The largest absolute Gasteiger partial charge is 1.00 e. The van der Waals surface area contributed by atoms with Crippen molar-refractivity contribution in [1.82, 2.24) is 4.90 Å². The summed E-state index contributed by atoms with van der Waals surface area (Å²) >= 11 is 0. The van der Waals surface area contributed by atoms with Crippen molar-refractivity contribution in [1.29, 1.82) is 0 Å². The summed E-state index contributed by atoms with van der Waals surface area (Å²) in [6, 6.07) is 0.788. The Morgan fingerprint density at radius 1 is 0.786 bits per heavy atom. The van der Waals surface area contributed by atoms with E-state index in [0.29, 0.717) is 35.3 Å². The van der Waals surface area contributed by atoms with Crippen LogP contribution >= 0.6 is 0 Å². The zero-order valence-corrected chi connectivity index (χ0v) is 28.8.